The normalized spacial score (nSPS) is 24.7. The van der Waals surface area contributed by atoms with Crippen LogP contribution in [0.25, 0.3) is 10.9 Å². The first-order valence-corrected chi connectivity index (χ1v) is 9.98. The molecule has 138 valence electrons. The molecule has 0 aliphatic carbocycles. The Hall–Kier alpha value is -1.69. The number of hydrogen-bond acceptors (Lipinski definition) is 4. The molecule has 1 atom stereocenters. The summed E-state index contributed by atoms with van der Waals surface area (Å²) in [5, 5.41) is 1.28. The number of para-hydroxylation sites is 1. The van der Waals surface area contributed by atoms with Crippen molar-refractivity contribution in [3.05, 3.63) is 45.7 Å². The molecule has 2 aromatic rings. The molecule has 5 nitrogen and oxygen atoms in total. The van der Waals surface area contributed by atoms with Crippen molar-refractivity contribution in [2.45, 2.75) is 32.0 Å². The van der Waals surface area contributed by atoms with Crippen molar-refractivity contribution in [3.63, 3.8) is 0 Å². The summed E-state index contributed by atoms with van der Waals surface area (Å²) >= 11 is 0. The predicted octanol–water partition coefficient (Wildman–Crippen LogP) is 1.38. The molecule has 0 N–H and O–H groups in total. The van der Waals surface area contributed by atoms with Crippen molar-refractivity contribution in [2.75, 3.05) is 46.3 Å². The van der Waals surface area contributed by atoms with Gasteiger partial charge in [-0.25, -0.2) is 0 Å². The van der Waals surface area contributed by atoms with E-state index in [1.807, 2.05) is 10.6 Å². The van der Waals surface area contributed by atoms with Gasteiger partial charge in [0, 0.05) is 69.9 Å². The third-order valence-corrected chi connectivity index (χ3v) is 6.50. The summed E-state index contributed by atoms with van der Waals surface area (Å²) in [5.74, 6) is 0. The van der Waals surface area contributed by atoms with Crippen LogP contribution in [-0.2, 0) is 19.5 Å². The van der Waals surface area contributed by atoms with Crippen LogP contribution in [-0.4, -0.2) is 71.6 Å². The van der Waals surface area contributed by atoms with E-state index in [4.69, 9.17) is 0 Å². The van der Waals surface area contributed by atoms with E-state index in [2.05, 4.69) is 39.9 Å². The molecule has 0 radical (unpaired) electrons. The quantitative estimate of drug-likeness (QED) is 0.817. The Balaban J connectivity index is 1.45. The summed E-state index contributed by atoms with van der Waals surface area (Å²) in [5.41, 5.74) is 3.92. The maximum absolute atomic E-state index is 12.7. The maximum Gasteiger partial charge on any atom is 0.251 e. The van der Waals surface area contributed by atoms with Crippen LogP contribution in [0, 0.1) is 0 Å². The van der Waals surface area contributed by atoms with E-state index in [0.29, 0.717) is 6.04 Å². The Bertz CT molecular complexity index is 889. The molecule has 2 saturated heterocycles. The highest BCUT2D eigenvalue weighted by Gasteiger charge is 2.31. The van der Waals surface area contributed by atoms with Crippen LogP contribution in [0.5, 0.6) is 0 Å². The molecule has 3 aliphatic rings. The van der Waals surface area contributed by atoms with E-state index >= 15 is 0 Å². The van der Waals surface area contributed by atoms with Crippen molar-refractivity contribution in [1.29, 1.82) is 0 Å². The summed E-state index contributed by atoms with van der Waals surface area (Å²) in [7, 11) is 2.23. The van der Waals surface area contributed by atoms with Crippen LogP contribution in [0.2, 0.25) is 0 Å². The molecule has 2 fully saturated rings. The van der Waals surface area contributed by atoms with Gasteiger partial charge in [-0.1, -0.05) is 18.2 Å². The number of pyridine rings is 1. The van der Waals surface area contributed by atoms with Crippen molar-refractivity contribution >= 4 is 10.9 Å². The number of nitrogens with zero attached hydrogens (tertiary/aromatic N) is 4. The SMILES string of the molecule is CN1CCN2CCN(Cc3cc(=O)n4c5c(cccc35)CCC4)C[C@H]2C1. The van der Waals surface area contributed by atoms with Crippen LogP contribution < -0.4 is 5.56 Å². The Labute approximate surface area is 154 Å². The van der Waals surface area contributed by atoms with Crippen LogP contribution >= 0.6 is 0 Å². The molecule has 4 heterocycles. The predicted molar refractivity (Wildman–Crippen MR) is 105 cm³/mol. The van der Waals surface area contributed by atoms with Gasteiger partial charge in [0.15, 0.2) is 0 Å². The average Bonchev–Trinajstić information content (AvgIpc) is 2.65. The second-order valence-electron chi connectivity index (χ2n) is 8.26. The molecular weight excluding hydrogens is 324 g/mol. The van der Waals surface area contributed by atoms with Crippen molar-refractivity contribution in [3.8, 4) is 0 Å². The van der Waals surface area contributed by atoms with E-state index in [9.17, 15) is 4.79 Å². The maximum atomic E-state index is 12.7. The second kappa shape index (κ2) is 6.48. The lowest BCUT2D eigenvalue weighted by atomic mass is 9.98. The van der Waals surface area contributed by atoms with Gasteiger partial charge in [0.05, 0.1) is 5.52 Å². The third kappa shape index (κ3) is 2.79. The number of benzene rings is 1. The molecule has 0 amide bonds. The summed E-state index contributed by atoms with van der Waals surface area (Å²) in [6.07, 6.45) is 2.16. The van der Waals surface area contributed by atoms with Gasteiger partial charge in [0.25, 0.3) is 5.56 Å². The van der Waals surface area contributed by atoms with Gasteiger partial charge in [-0.3, -0.25) is 14.6 Å². The number of rotatable bonds is 2. The molecule has 1 aromatic carbocycles. The average molecular weight is 352 g/mol. The summed E-state index contributed by atoms with van der Waals surface area (Å²) in [4.78, 5) is 20.4. The third-order valence-electron chi connectivity index (χ3n) is 6.50. The Morgan fingerprint density at radius 3 is 2.88 bits per heavy atom. The van der Waals surface area contributed by atoms with Crippen LogP contribution in [0.1, 0.15) is 17.5 Å². The van der Waals surface area contributed by atoms with Crippen molar-refractivity contribution in [2.24, 2.45) is 0 Å². The lowest BCUT2D eigenvalue weighted by Gasteiger charge is -2.46. The van der Waals surface area contributed by atoms with Crippen molar-refractivity contribution in [1.82, 2.24) is 19.3 Å². The molecule has 5 rings (SSSR count). The molecule has 0 spiro atoms. The highest BCUT2D eigenvalue weighted by atomic mass is 16.1. The molecule has 3 aliphatic heterocycles. The Kier molecular flexibility index (Phi) is 4.11. The minimum atomic E-state index is 0.177. The van der Waals surface area contributed by atoms with E-state index in [1.165, 1.54) is 35.1 Å². The van der Waals surface area contributed by atoms with Gasteiger partial charge in [0.1, 0.15) is 0 Å². The smallest absolute Gasteiger partial charge is 0.251 e. The number of piperazine rings is 2. The zero-order chi connectivity index (χ0) is 17.7. The van der Waals surface area contributed by atoms with Crippen LogP contribution in [0.4, 0.5) is 0 Å². The first-order chi connectivity index (χ1) is 12.7. The van der Waals surface area contributed by atoms with Gasteiger partial charge in [-0.2, -0.15) is 0 Å². The lowest BCUT2D eigenvalue weighted by Crippen LogP contribution is -2.61. The van der Waals surface area contributed by atoms with E-state index in [1.54, 1.807) is 0 Å². The highest BCUT2D eigenvalue weighted by Crippen LogP contribution is 2.27. The number of likely N-dealkylation sites (N-methyl/N-ethyl adjacent to an activating group) is 1. The molecule has 0 saturated carbocycles. The van der Waals surface area contributed by atoms with Crippen LogP contribution in [0.3, 0.4) is 0 Å². The topological polar surface area (TPSA) is 31.7 Å². The summed E-state index contributed by atoms with van der Waals surface area (Å²) in [6, 6.07) is 9.09. The minimum Gasteiger partial charge on any atom is -0.308 e. The van der Waals surface area contributed by atoms with Gasteiger partial charge in [0.2, 0.25) is 0 Å². The van der Waals surface area contributed by atoms with Gasteiger partial charge >= 0.3 is 0 Å². The zero-order valence-electron chi connectivity index (χ0n) is 15.7. The fourth-order valence-corrected chi connectivity index (χ4v) is 5.13. The van der Waals surface area contributed by atoms with Gasteiger partial charge in [-0.05, 0) is 31.0 Å². The molecule has 1 aromatic heterocycles. The number of fused-ring (bicyclic) bond motifs is 1. The highest BCUT2D eigenvalue weighted by molar-refractivity contribution is 5.86. The largest absolute Gasteiger partial charge is 0.308 e. The van der Waals surface area contributed by atoms with Crippen LogP contribution in [0.15, 0.2) is 29.1 Å². The van der Waals surface area contributed by atoms with E-state index in [-0.39, 0.29) is 5.56 Å². The van der Waals surface area contributed by atoms with Gasteiger partial charge in [-0.15, -0.1) is 0 Å². The van der Waals surface area contributed by atoms with Crippen molar-refractivity contribution < 1.29 is 0 Å². The Morgan fingerprint density at radius 1 is 1.08 bits per heavy atom. The first-order valence-electron chi connectivity index (χ1n) is 9.98. The Morgan fingerprint density at radius 2 is 1.96 bits per heavy atom. The van der Waals surface area contributed by atoms with E-state index < -0.39 is 0 Å². The summed E-state index contributed by atoms with van der Waals surface area (Å²) < 4.78 is 1.99. The lowest BCUT2D eigenvalue weighted by molar-refractivity contribution is 0.0176. The molecule has 0 bridgehead atoms. The number of aryl methyl sites for hydroxylation is 2. The second-order valence-corrected chi connectivity index (χ2v) is 8.26. The zero-order valence-corrected chi connectivity index (χ0v) is 15.7. The summed E-state index contributed by atoms with van der Waals surface area (Å²) in [6.45, 7) is 8.64. The molecular formula is C21H28N4O. The fourth-order valence-electron chi connectivity index (χ4n) is 5.13. The first kappa shape index (κ1) is 16.5. The number of hydrogen-bond donors (Lipinski definition) is 0. The number of aromatic nitrogens is 1. The van der Waals surface area contributed by atoms with Gasteiger partial charge < -0.3 is 9.47 Å². The minimum absolute atomic E-state index is 0.177. The fraction of sp³-hybridized carbons (Fsp3) is 0.571. The standard InChI is InChI=1S/C21H28N4O/c1-22-8-10-24-11-9-23(15-18(24)14-22)13-17-12-20(26)25-7-3-5-16-4-2-6-19(17)21(16)25/h2,4,6,12,18H,3,5,7-11,13-15H2,1H3/t18-/m1/s1. The van der Waals surface area contributed by atoms with E-state index in [0.717, 1.165) is 52.1 Å². The molecule has 26 heavy (non-hydrogen) atoms. The molecule has 5 heteroatoms. The monoisotopic (exact) mass is 352 g/mol. The molecule has 0 unspecified atom stereocenters.